The summed E-state index contributed by atoms with van der Waals surface area (Å²) in [5, 5.41) is 3.44. The van der Waals surface area contributed by atoms with Crippen molar-refractivity contribution < 1.29 is 9.59 Å². The number of anilines is 1. The molecule has 5 heteroatoms. The minimum atomic E-state index is -0.0595. The van der Waals surface area contributed by atoms with Gasteiger partial charge in [-0.1, -0.05) is 30.3 Å². The molecule has 1 N–H and O–H groups in total. The summed E-state index contributed by atoms with van der Waals surface area (Å²) in [6, 6.07) is 17.2. The topological polar surface area (TPSA) is 49.4 Å². The average Bonchev–Trinajstić information content (AvgIpc) is 2.76. The molecular weight excluding hydrogens is 404 g/mol. The van der Waals surface area contributed by atoms with Gasteiger partial charge in [-0.2, -0.15) is 0 Å². The molecule has 4 bridgehead atoms. The second-order valence-corrected chi connectivity index (χ2v) is 10.7. The van der Waals surface area contributed by atoms with Crippen molar-refractivity contribution in [1.29, 1.82) is 0 Å². The van der Waals surface area contributed by atoms with Crippen LogP contribution in [0.1, 0.15) is 48.9 Å². The number of carbonyl (C=O) groups is 2. The fraction of sp³-hybridized carbons (Fsp3) is 0.462. The molecule has 0 atom stereocenters. The Morgan fingerprint density at radius 1 is 0.935 bits per heavy atom. The molecule has 0 saturated heterocycles. The largest absolute Gasteiger partial charge is 0.350 e. The lowest BCUT2D eigenvalue weighted by Crippen LogP contribution is -2.60. The molecule has 0 unspecified atom stereocenters. The van der Waals surface area contributed by atoms with Crippen LogP contribution in [0.15, 0.2) is 59.5 Å². The fourth-order valence-electron chi connectivity index (χ4n) is 6.46. The first-order chi connectivity index (χ1) is 15.0. The molecule has 4 saturated carbocycles. The molecule has 0 spiro atoms. The lowest BCUT2D eigenvalue weighted by molar-refractivity contribution is -0.124. The van der Waals surface area contributed by atoms with Gasteiger partial charge in [-0.3, -0.25) is 9.59 Å². The lowest BCUT2D eigenvalue weighted by atomic mass is 9.53. The highest BCUT2D eigenvalue weighted by molar-refractivity contribution is 8.00. The number of hydrogen-bond acceptors (Lipinski definition) is 3. The lowest BCUT2D eigenvalue weighted by Gasteiger charge is -2.56. The molecule has 0 heterocycles. The Labute approximate surface area is 188 Å². The number of thioether (sulfide) groups is 1. The predicted molar refractivity (Wildman–Crippen MR) is 125 cm³/mol. The van der Waals surface area contributed by atoms with Crippen LogP contribution in [0, 0.1) is 17.8 Å². The van der Waals surface area contributed by atoms with E-state index in [1.165, 1.54) is 31.0 Å². The highest BCUT2D eigenvalue weighted by Gasteiger charge is 2.51. The van der Waals surface area contributed by atoms with Crippen LogP contribution in [-0.4, -0.2) is 30.2 Å². The molecule has 0 aliphatic heterocycles. The van der Waals surface area contributed by atoms with Crippen molar-refractivity contribution in [2.45, 2.75) is 49.0 Å². The number of nitrogens with zero attached hydrogens (tertiary/aromatic N) is 1. The van der Waals surface area contributed by atoms with E-state index in [0.29, 0.717) is 11.3 Å². The van der Waals surface area contributed by atoms with E-state index in [0.717, 1.165) is 47.6 Å². The molecule has 6 rings (SSSR count). The van der Waals surface area contributed by atoms with Gasteiger partial charge in [0.15, 0.2) is 0 Å². The maximum Gasteiger partial charge on any atom is 0.259 e. The van der Waals surface area contributed by atoms with Crippen LogP contribution in [0.2, 0.25) is 0 Å². The van der Waals surface area contributed by atoms with Crippen LogP contribution >= 0.6 is 11.8 Å². The van der Waals surface area contributed by atoms with Gasteiger partial charge in [0, 0.05) is 23.2 Å². The van der Waals surface area contributed by atoms with E-state index in [1.807, 2.05) is 54.6 Å². The van der Waals surface area contributed by atoms with Gasteiger partial charge in [-0.25, -0.2) is 0 Å². The summed E-state index contributed by atoms with van der Waals surface area (Å²) in [6.45, 7) is 0. The molecule has 2 amide bonds. The number of hydrogen-bond donors (Lipinski definition) is 1. The van der Waals surface area contributed by atoms with Gasteiger partial charge < -0.3 is 10.2 Å². The van der Waals surface area contributed by atoms with Crippen molar-refractivity contribution in [3.63, 3.8) is 0 Å². The van der Waals surface area contributed by atoms with Crippen molar-refractivity contribution in [1.82, 2.24) is 5.32 Å². The van der Waals surface area contributed by atoms with Gasteiger partial charge >= 0.3 is 0 Å². The summed E-state index contributed by atoms with van der Waals surface area (Å²) in [6.07, 6.45) is 7.59. The summed E-state index contributed by atoms with van der Waals surface area (Å²) < 4.78 is 0. The Hall–Kier alpha value is -2.27. The third-order valence-corrected chi connectivity index (χ3v) is 8.44. The van der Waals surface area contributed by atoms with Gasteiger partial charge in [-0.15, -0.1) is 11.8 Å². The van der Waals surface area contributed by atoms with Crippen LogP contribution in [-0.2, 0) is 4.79 Å². The van der Waals surface area contributed by atoms with Gasteiger partial charge in [0.25, 0.3) is 5.91 Å². The molecule has 0 radical (unpaired) electrons. The third kappa shape index (κ3) is 4.25. The highest BCUT2D eigenvalue weighted by Crippen LogP contribution is 2.55. The fourth-order valence-corrected chi connectivity index (χ4v) is 7.30. The normalized spacial score (nSPS) is 28.4. The summed E-state index contributed by atoms with van der Waals surface area (Å²) in [7, 11) is 1.79. The van der Waals surface area contributed by atoms with Crippen LogP contribution in [0.5, 0.6) is 0 Å². The first-order valence-electron chi connectivity index (χ1n) is 11.4. The first-order valence-corrected chi connectivity index (χ1v) is 12.4. The standard InChI is InChI=1S/C26H30N2O2S/c1-28(21-7-3-2-4-8-21)25(30)22-9-5-6-10-23(22)31-17-24(29)27-26-14-18-11-19(15-26)13-20(12-18)16-26/h2-10,18-20H,11-17H2,1H3,(H,27,29). The molecule has 4 fully saturated rings. The molecule has 4 aliphatic carbocycles. The van der Waals surface area contributed by atoms with Crippen molar-refractivity contribution in [2.75, 3.05) is 17.7 Å². The number of rotatable bonds is 6. The maximum absolute atomic E-state index is 13.1. The number of amides is 2. The minimum Gasteiger partial charge on any atom is -0.350 e. The number of para-hydroxylation sites is 1. The van der Waals surface area contributed by atoms with E-state index in [-0.39, 0.29) is 17.4 Å². The second-order valence-electron chi connectivity index (χ2n) is 9.73. The molecule has 31 heavy (non-hydrogen) atoms. The highest BCUT2D eigenvalue weighted by atomic mass is 32.2. The van der Waals surface area contributed by atoms with Gasteiger partial charge in [-0.05, 0) is 80.5 Å². The summed E-state index contributed by atoms with van der Waals surface area (Å²) in [4.78, 5) is 28.6. The van der Waals surface area contributed by atoms with Gasteiger partial charge in [0.05, 0.1) is 11.3 Å². The van der Waals surface area contributed by atoms with Crippen LogP contribution in [0.3, 0.4) is 0 Å². The summed E-state index contributed by atoms with van der Waals surface area (Å²) in [5.74, 6) is 2.82. The molecule has 2 aromatic carbocycles. The van der Waals surface area contributed by atoms with Crippen LogP contribution in [0.25, 0.3) is 0 Å². The Kier molecular flexibility index (Phi) is 5.55. The van der Waals surface area contributed by atoms with Gasteiger partial charge in [0.2, 0.25) is 5.91 Å². The predicted octanol–water partition coefficient (Wildman–Crippen LogP) is 5.14. The van der Waals surface area contributed by atoms with E-state index in [4.69, 9.17) is 0 Å². The molecular formula is C26H30N2O2S. The Morgan fingerprint density at radius 2 is 1.52 bits per heavy atom. The van der Waals surface area contributed by atoms with Crippen molar-refractivity contribution >= 4 is 29.3 Å². The molecule has 4 nitrogen and oxygen atoms in total. The first kappa shape index (κ1) is 20.6. The Balaban J connectivity index is 1.24. The average molecular weight is 435 g/mol. The quantitative estimate of drug-likeness (QED) is 0.641. The van der Waals surface area contributed by atoms with Crippen molar-refractivity contribution in [3.8, 4) is 0 Å². The molecule has 4 aliphatic rings. The summed E-state index contributed by atoms with van der Waals surface area (Å²) in [5.41, 5.74) is 1.53. The van der Waals surface area contributed by atoms with Crippen molar-refractivity contribution in [2.24, 2.45) is 17.8 Å². The maximum atomic E-state index is 13.1. The second kappa shape index (κ2) is 8.34. The van der Waals surface area contributed by atoms with Gasteiger partial charge in [0.1, 0.15) is 0 Å². The third-order valence-electron chi connectivity index (χ3n) is 7.37. The molecule has 2 aromatic rings. The zero-order chi connectivity index (χ0) is 21.4. The smallest absolute Gasteiger partial charge is 0.259 e. The Bertz CT molecular complexity index is 939. The van der Waals surface area contributed by atoms with E-state index >= 15 is 0 Å². The zero-order valence-electron chi connectivity index (χ0n) is 18.0. The monoisotopic (exact) mass is 434 g/mol. The summed E-state index contributed by atoms with van der Waals surface area (Å²) >= 11 is 1.47. The van der Waals surface area contributed by atoms with E-state index in [2.05, 4.69) is 5.32 Å². The molecule has 0 aromatic heterocycles. The van der Waals surface area contributed by atoms with Crippen molar-refractivity contribution in [3.05, 3.63) is 60.2 Å². The van der Waals surface area contributed by atoms with E-state index in [1.54, 1.807) is 11.9 Å². The number of nitrogens with one attached hydrogen (secondary N) is 1. The molecule has 162 valence electrons. The van der Waals surface area contributed by atoms with Crippen LogP contribution < -0.4 is 10.2 Å². The minimum absolute atomic E-state index is 0.0370. The van der Waals surface area contributed by atoms with E-state index in [9.17, 15) is 9.59 Å². The number of carbonyl (C=O) groups excluding carboxylic acids is 2. The number of benzene rings is 2. The van der Waals surface area contributed by atoms with Crippen LogP contribution in [0.4, 0.5) is 5.69 Å². The van der Waals surface area contributed by atoms with E-state index < -0.39 is 0 Å². The SMILES string of the molecule is CN(C(=O)c1ccccc1SCC(=O)NC12CC3CC(CC(C3)C1)C2)c1ccccc1. The Morgan fingerprint density at radius 3 is 2.16 bits per heavy atom. The zero-order valence-corrected chi connectivity index (χ0v) is 18.9.